The number of nitrogens with zero attached hydrogens (tertiary/aromatic N) is 1. The highest BCUT2D eigenvalue weighted by atomic mass is 32.2. The predicted octanol–water partition coefficient (Wildman–Crippen LogP) is 2.83. The lowest BCUT2D eigenvalue weighted by atomic mass is 10.2. The highest BCUT2D eigenvalue weighted by Crippen LogP contribution is 2.17. The molecule has 21 heavy (non-hydrogen) atoms. The van der Waals surface area contributed by atoms with Crippen molar-refractivity contribution in [1.29, 1.82) is 5.26 Å². The molecule has 1 aromatic carbocycles. The van der Waals surface area contributed by atoms with E-state index in [1.54, 1.807) is 35.2 Å². The van der Waals surface area contributed by atoms with Gasteiger partial charge in [0.15, 0.2) is 0 Å². The molecule has 0 aliphatic carbocycles. The Balaban J connectivity index is 1.86. The van der Waals surface area contributed by atoms with E-state index in [-0.39, 0.29) is 10.5 Å². The van der Waals surface area contributed by atoms with Gasteiger partial charge in [-0.2, -0.15) is 17.0 Å². The van der Waals surface area contributed by atoms with E-state index in [0.717, 1.165) is 5.75 Å². The summed E-state index contributed by atoms with van der Waals surface area (Å²) in [5.74, 6) is 1.57. The molecule has 0 aliphatic rings. The fourth-order valence-electron chi connectivity index (χ4n) is 1.69. The van der Waals surface area contributed by atoms with E-state index in [1.807, 2.05) is 17.5 Å². The van der Waals surface area contributed by atoms with Crippen molar-refractivity contribution in [3.8, 4) is 6.07 Å². The normalized spacial score (nSPS) is 11.2. The zero-order chi connectivity index (χ0) is 15.1. The molecule has 0 amide bonds. The van der Waals surface area contributed by atoms with Crippen LogP contribution in [-0.4, -0.2) is 20.7 Å². The Morgan fingerprint density at radius 3 is 2.76 bits per heavy atom. The number of thiophene rings is 1. The summed E-state index contributed by atoms with van der Waals surface area (Å²) in [6.45, 7) is 0.345. The molecular formula is C14H14N2O2S3. The minimum Gasteiger partial charge on any atom is -0.210 e. The molecule has 0 saturated carbocycles. The summed E-state index contributed by atoms with van der Waals surface area (Å²) >= 11 is 3.37. The minimum absolute atomic E-state index is 0.0377. The number of nitrogens with one attached hydrogen (secondary N) is 1. The molecule has 7 heteroatoms. The highest BCUT2D eigenvalue weighted by molar-refractivity contribution is 7.98. The fraction of sp³-hybridized carbons (Fsp3) is 0.214. The van der Waals surface area contributed by atoms with E-state index in [1.165, 1.54) is 17.0 Å². The molecular weight excluding hydrogens is 324 g/mol. The summed E-state index contributed by atoms with van der Waals surface area (Å²) in [6, 6.07) is 12.2. The molecule has 0 bridgehead atoms. The standard InChI is InChI=1S/C14H14N2O2S3/c15-10-12-4-1-2-6-14(12)21(17,18)16-7-9-19-11-13-5-3-8-20-13/h1-6,8,16H,7,9,11H2. The minimum atomic E-state index is -3.62. The smallest absolute Gasteiger partial charge is 0.210 e. The van der Waals surface area contributed by atoms with E-state index in [4.69, 9.17) is 5.26 Å². The van der Waals surface area contributed by atoms with Crippen LogP contribution in [0.2, 0.25) is 0 Å². The molecule has 1 N–H and O–H groups in total. The molecule has 0 fully saturated rings. The largest absolute Gasteiger partial charge is 0.241 e. The van der Waals surface area contributed by atoms with Gasteiger partial charge in [-0.15, -0.1) is 11.3 Å². The Morgan fingerprint density at radius 1 is 1.24 bits per heavy atom. The van der Waals surface area contributed by atoms with Gasteiger partial charge in [-0.05, 0) is 23.6 Å². The maximum Gasteiger partial charge on any atom is 0.241 e. The van der Waals surface area contributed by atoms with E-state index in [9.17, 15) is 8.42 Å². The maximum absolute atomic E-state index is 12.1. The second kappa shape index (κ2) is 7.61. The van der Waals surface area contributed by atoms with E-state index in [2.05, 4.69) is 10.8 Å². The van der Waals surface area contributed by atoms with Gasteiger partial charge in [-0.3, -0.25) is 0 Å². The highest BCUT2D eigenvalue weighted by Gasteiger charge is 2.17. The van der Waals surface area contributed by atoms with Crippen molar-refractivity contribution in [1.82, 2.24) is 4.72 Å². The van der Waals surface area contributed by atoms with Gasteiger partial charge in [0.2, 0.25) is 10.0 Å². The van der Waals surface area contributed by atoms with Crippen molar-refractivity contribution < 1.29 is 8.42 Å². The summed E-state index contributed by atoms with van der Waals surface area (Å²) < 4.78 is 26.8. The molecule has 1 heterocycles. The molecule has 0 saturated heterocycles. The maximum atomic E-state index is 12.1. The van der Waals surface area contributed by atoms with Crippen molar-refractivity contribution in [3.05, 3.63) is 52.2 Å². The first-order valence-corrected chi connectivity index (χ1v) is 9.74. The predicted molar refractivity (Wildman–Crippen MR) is 86.8 cm³/mol. The zero-order valence-electron chi connectivity index (χ0n) is 11.2. The lowest BCUT2D eigenvalue weighted by Gasteiger charge is -2.07. The Hall–Kier alpha value is -1.33. The van der Waals surface area contributed by atoms with Gasteiger partial charge in [0, 0.05) is 22.9 Å². The average molecular weight is 338 g/mol. The average Bonchev–Trinajstić information content (AvgIpc) is 3.00. The van der Waals surface area contributed by atoms with E-state index in [0.29, 0.717) is 12.3 Å². The first-order valence-electron chi connectivity index (χ1n) is 6.22. The van der Waals surface area contributed by atoms with Crippen LogP contribution in [0, 0.1) is 11.3 Å². The van der Waals surface area contributed by atoms with Crippen LogP contribution in [0.1, 0.15) is 10.4 Å². The van der Waals surface area contributed by atoms with Crippen LogP contribution >= 0.6 is 23.1 Å². The molecule has 110 valence electrons. The Labute approximate surface area is 132 Å². The van der Waals surface area contributed by atoms with E-state index >= 15 is 0 Å². The quantitative estimate of drug-likeness (QED) is 0.788. The lowest BCUT2D eigenvalue weighted by molar-refractivity contribution is 0.584. The number of rotatable bonds is 7. The fourth-order valence-corrected chi connectivity index (χ4v) is 4.70. The third-order valence-corrected chi connectivity index (χ3v) is 6.25. The second-order valence-electron chi connectivity index (χ2n) is 4.14. The molecule has 1 aromatic heterocycles. The molecule has 0 radical (unpaired) electrons. The molecule has 0 unspecified atom stereocenters. The van der Waals surface area contributed by atoms with Crippen molar-refractivity contribution in [3.63, 3.8) is 0 Å². The van der Waals surface area contributed by atoms with Crippen LogP contribution in [0.15, 0.2) is 46.7 Å². The SMILES string of the molecule is N#Cc1ccccc1S(=O)(=O)NCCSCc1cccs1. The van der Waals surface area contributed by atoms with Gasteiger partial charge < -0.3 is 0 Å². The van der Waals surface area contributed by atoms with Gasteiger partial charge in [0.05, 0.1) is 10.5 Å². The van der Waals surface area contributed by atoms with Crippen LogP contribution in [0.25, 0.3) is 0 Å². The third-order valence-electron chi connectivity index (χ3n) is 2.66. The molecule has 0 aliphatic heterocycles. The summed E-state index contributed by atoms with van der Waals surface area (Å²) in [5, 5.41) is 11.0. The Kier molecular flexibility index (Phi) is 5.82. The van der Waals surface area contributed by atoms with E-state index < -0.39 is 10.0 Å². The van der Waals surface area contributed by atoms with Crippen molar-refractivity contribution in [2.24, 2.45) is 0 Å². The van der Waals surface area contributed by atoms with Crippen molar-refractivity contribution in [2.75, 3.05) is 12.3 Å². The van der Waals surface area contributed by atoms with Crippen LogP contribution in [0.4, 0.5) is 0 Å². The number of hydrogen-bond acceptors (Lipinski definition) is 5. The van der Waals surface area contributed by atoms with Gasteiger partial charge in [0.1, 0.15) is 6.07 Å². The van der Waals surface area contributed by atoms with Gasteiger partial charge in [-0.1, -0.05) is 18.2 Å². The number of nitriles is 1. The lowest BCUT2D eigenvalue weighted by Crippen LogP contribution is -2.26. The van der Waals surface area contributed by atoms with Gasteiger partial charge >= 0.3 is 0 Å². The second-order valence-corrected chi connectivity index (χ2v) is 8.01. The number of sulfonamides is 1. The topological polar surface area (TPSA) is 70.0 Å². The molecule has 2 rings (SSSR count). The molecule has 0 atom stereocenters. The first kappa shape index (κ1) is 16.0. The molecule has 2 aromatic rings. The summed E-state index contributed by atoms with van der Waals surface area (Å²) in [4.78, 5) is 1.31. The number of benzene rings is 1. The first-order chi connectivity index (χ1) is 10.1. The monoisotopic (exact) mass is 338 g/mol. The zero-order valence-corrected chi connectivity index (χ0v) is 13.6. The van der Waals surface area contributed by atoms with Crippen LogP contribution in [0.3, 0.4) is 0 Å². The van der Waals surface area contributed by atoms with Crippen LogP contribution in [-0.2, 0) is 15.8 Å². The third kappa shape index (κ3) is 4.58. The van der Waals surface area contributed by atoms with Gasteiger partial charge in [-0.25, -0.2) is 13.1 Å². The summed E-state index contributed by atoms with van der Waals surface area (Å²) in [5.41, 5.74) is 0.163. The summed E-state index contributed by atoms with van der Waals surface area (Å²) in [6.07, 6.45) is 0. The number of hydrogen-bond donors (Lipinski definition) is 1. The molecule has 0 spiro atoms. The Bertz CT molecular complexity index is 719. The van der Waals surface area contributed by atoms with Crippen molar-refractivity contribution >= 4 is 33.1 Å². The van der Waals surface area contributed by atoms with Crippen LogP contribution in [0.5, 0.6) is 0 Å². The van der Waals surface area contributed by atoms with Crippen LogP contribution < -0.4 is 4.72 Å². The molecule has 4 nitrogen and oxygen atoms in total. The summed E-state index contributed by atoms with van der Waals surface area (Å²) in [7, 11) is -3.62. The van der Waals surface area contributed by atoms with Crippen molar-refractivity contribution in [2.45, 2.75) is 10.6 Å². The van der Waals surface area contributed by atoms with Gasteiger partial charge in [0.25, 0.3) is 0 Å². The Morgan fingerprint density at radius 2 is 2.05 bits per heavy atom. The number of thioether (sulfide) groups is 1.